The van der Waals surface area contributed by atoms with Crippen molar-refractivity contribution in [2.75, 3.05) is 39.5 Å². The van der Waals surface area contributed by atoms with Gasteiger partial charge in [-0.25, -0.2) is 5.01 Å². The van der Waals surface area contributed by atoms with Crippen molar-refractivity contribution < 1.29 is 23.1 Å². The summed E-state index contributed by atoms with van der Waals surface area (Å²) in [6.07, 6.45) is 3.81. The lowest BCUT2D eigenvalue weighted by Gasteiger charge is -2.35. The van der Waals surface area contributed by atoms with Gasteiger partial charge in [0.05, 0.1) is 19.1 Å². The van der Waals surface area contributed by atoms with Gasteiger partial charge in [0, 0.05) is 39.1 Å². The third kappa shape index (κ3) is 4.20. The molecule has 9 nitrogen and oxygen atoms in total. The van der Waals surface area contributed by atoms with Crippen LogP contribution in [0.25, 0.3) is 0 Å². The summed E-state index contributed by atoms with van der Waals surface area (Å²) < 4.78 is 22.0. The summed E-state index contributed by atoms with van der Waals surface area (Å²) in [6, 6.07) is 13.3. The second kappa shape index (κ2) is 9.00. The van der Waals surface area contributed by atoms with Crippen LogP contribution in [-0.4, -0.2) is 65.9 Å². The van der Waals surface area contributed by atoms with E-state index in [0.717, 1.165) is 55.7 Å². The van der Waals surface area contributed by atoms with E-state index < -0.39 is 0 Å². The molecule has 3 aliphatic rings. The fraction of sp³-hybridized carbons (Fsp3) is 0.360. The van der Waals surface area contributed by atoms with Gasteiger partial charge >= 0.3 is 0 Å². The van der Waals surface area contributed by atoms with Gasteiger partial charge in [0.2, 0.25) is 6.79 Å². The van der Waals surface area contributed by atoms with Gasteiger partial charge in [0.25, 0.3) is 5.91 Å². The van der Waals surface area contributed by atoms with Gasteiger partial charge < -0.3 is 18.3 Å². The molecule has 0 radical (unpaired) electrons. The van der Waals surface area contributed by atoms with Gasteiger partial charge in [-0.2, -0.15) is 5.10 Å². The molecule has 0 bridgehead atoms. The molecule has 6 rings (SSSR count). The number of ether oxygens (including phenoxy) is 2. The van der Waals surface area contributed by atoms with E-state index >= 15 is 0 Å². The molecular weight excluding hydrogens is 436 g/mol. The topological polar surface area (TPSA) is 83.9 Å². The van der Waals surface area contributed by atoms with Gasteiger partial charge in [0.1, 0.15) is 23.3 Å². The van der Waals surface area contributed by atoms with E-state index in [1.54, 1.807) is 17.5 Å². The molecule has 0 N–H and O–H groups in total. The highest BCUT2D eigenvalue weighted by molar-refractivity contribution is 6.01. The van der Waals surface area contributed by atoms with Crippen LogP contribution in [0.5, 0.6) is 11.5 Å². The highest BCUT2D eigenvalue weighted by atomic mass is 16.7. The molecular formula is C25H26N4O5. The number of hydrogen-bond donors (Lipinski definition) is 0. The van der Waals surface area contributed by atoms with E-state index in [2.05, 4.69) is 27.0 Å². The lowest BCUT2D eigenvalue weighted by atomic mass is 10.1. The second-order valence-corrected chi connectivity index (χ2v) is 8.74. The minimum atomic E-state index is -0.255. The number of hydrogen-bond acceptors (Lipinski definition) is 8. The number of amides is 1. The maximum absolute atomic E-state index is 13.3. The molecule has 0 aliphatic carbocycles. The van der Waals surface area contributed by atoms with E-state index in [1.807, 2.05) is 30.3 Å². The molecule has 1 saturated heterocycles. The van der Waals surface area contributed by atoms with Crippen molar-refractivity contribution in [1.82, 2.24) is 14.8 Å². The normalized spacial score (nSPS) is 20.6. The Morgan fingerprint density at radius 2 is 1.74 bits per heavy atom. The Morgan fingerprint density at radius 1 is 0.941 bits per heavy atom. The molecule has 0 saturated carbocycles. The Hall–Kier alpha value is -3.56. The van der Waals surface area contributed by atoms with Crippen LogP contribution in [0.4, 0.5) is 0 Å². The van der Waals surface area contributed by atoms with Gasteiger partial charge in [-0.15, -0.1) is 0 Å². The zero-order valence-corrected chi connectivity index (χ0v) is 18.8. The maximum atomic E-state index is 13.3. The average molecular weight is 463 g/mol. The number of benzene rings is 1. The quantitative estimate of drug-likeness (QED) is 0.557. The van der Waals surface area contributed by atoms with E-state index in [0.29, 0.717) is 18.7 Å². The van der Waals surface area contributed by atoms with Gasteiger partial charge in [0.15, 0.2) is 11.5 Å². The summed E-state index contributed by atoms with van der Waals surface area (Å²) in [5, 5.41) is 6.19. The van der Waals surface area contributed by atoms with Crippen molar-refractivity contribution in [2.24, 2.45) is 5.10 Å². The number of nitrogens with zero attached hydrogens (tertiary/aromatic N) is 4. The zero-order valence-electron chi connectivity index (χ0n) is 18.8. The minimum Gasteiger partial charge on any atom is -0.467 e. The van der Waals surface area contributed by atoms with Crippen molar-refractivity contribution in [1.29, 1.82) is 0 Å². The van der Waals surface area contributed by atoms with Crippen molar-refractivity contribution in [3.63, 3.8) is 0 Å². The summed E-state index contributed by atoms with van der Waals surface area (Å²) in [4.78, 5) is 17.9. The third-order valence-electron chi connectivity index (χ3n) is 6.51. The van der Waals surface area contributed by atoms with Crippen LogP contribution in [0.1, 0.15) is 29.5 Å². The fourth-order valence-electron chi connectivity index (χ4n) is 4.70. The molecule has 1 aromatic carbocycles. The van der Waals surface area contributed by atoms with Crippen molar-refractivity contribution >= 4 is 11.6 Å². The number of furan rings is 2. The number of rotatable bonds is 6. The highest BCUT2D eigenvalue weighted by Gasteiger charge is 2.36. The van der Waals surface area contributed by atoms with E-state index in [9.17, 15) is 4.79 Å². The molecule has 2 aromatic heterocycles. The first kappa shape index (κ1) is 21.0. The first-order chi connectivity index (χ1) is 16.7. The molecule has 3 aromatic rings. The van der Waals surface area contributed by atoms with Crippen LogP contribution in [0, 0.1) is 0 Å². The standard InChI is InChI=1S/C25H26N4O5/c30-25(29-20(22-4-2-12-32-22)14-19(26-29)21-3-1-11-31-21)16-28-9-7-27(8-10-28)15-18-5-6-23-24(13-18)34-17-33-23/h1-6,11-13,20H,7-10,14-17H2. The monoisotopic (exact) mass is 462 g/mol. The Balaban J connectivity index is 1.07. The van der Waals surface area contributed by atoms with Crippen LogP contribution in [0.2, 0.25) is 0 Å². The summed E-state index contributed by atoms with van der Waals surface area (Å²) >= 11 is 0. The van der Waals surface area contributed by atoms with Gasteiger partial charge in [-0.05, 0) is 42.0 Å². The van der Waals surface area contributed by atoms with Gasteiger partial charge in [-0.1, -0.05) is 6.07 Å². The lowest BCUT2D eigenvalue weighted by Crippen LogP contribution is -2.49. The van der Waals surface area contributed by atoms with Gasteiger partial charge in [-0.3, -0.25) is 14.6 Å². The Kier molecular flexibility index (Phi) is 5.56. The van der Waals surface area contributed by atoms with Crippen LogP contribution in [0.3, 0.4) is 0 Å². The van der Waals surface area contributed by atoms with Crippen LogP contribution in [0.15, 0.2) is 68.9 Å². The van der Waals surface area contributed by atoms with Crippen LogP contribution in [-0.2, 0) is 11.3 Å². The average Bonchev–Trinajstić information content (AvgIpc) is 3.66. The molecule has 1 unspecified atom stereocenters. The van der Waals surface area contributed by atoms with E-state index in [1.165, 1.54) is 5.56 Å². The summed E-state index contributed by atoms with van der Waals surface area (Å²) in [5.41, 5.74) is 1.96. The number of hydrazone groups is 1. The third-order valence-corrected chi connectivity index (χ3v) is 6.51. The largest absolute Gasteiger partial charge is 0.467 e. The predicted molar refractivity (Wildman–Crippen MR) is 122 cm³/mol. The molecule has 1 amide bonds. The molecule has 34 heavy (non-hydrogen) atoms. The first-order valence-corrected chi connectivity index (χ1v) is 11.5. The SMILES string of the molecule is O=C(CN1CCN(Cc2ccc3c(c2)OCO3)CC1)N1N=C(c2ccco2)CC1c1ccco1. The number of piperazine rings is 1. The predicted octanol–water partition coefficient (Wildman–Crippen LogP) is 3.10. The molecule has 0 spiro atoms. The fourth-order valence-corrected chi connectivity index (χ4v) is 4.70. The zero-order chi connectivity index (χ0) is 22.9. The molecule has 1 atom stereocenters. The summed E-state index contributed by atoms with van der Waals surface area (Å²) in [6.45, 7) is 4.89. The molecule has 1 fully saturated rings. The van der Waals surface area contributed by atoms with E-state index in [-0.39, 0.29) is 18.7 Å². The van der Waals surface area contributed by atoms with Crippen LogP contribution >= 0.6 is 0 Å². The Labute approximate surface area is 197 Å². The first-order valence-electron chi connectivity index (χ1n) is 11.5. The molecule has 9 heteroatoms. The summed E-state index contributed by atoms with van der Waals surface area (Å²) in [5.74, 6) is 3.00. The number of fused-ring (bicyclic) bond motifs is 1. The lowest BCUT2D eigenvalue weighted by molar-refractivity contribution is -0.135. The highest BCUT2D eigenvalue weighted by Crippen LogP contribution is 2.34. The number of carbonyl (C=O) groups excluding carboxylic acids is 1. The van der Waals surface area contributed by atoms with Crippen LogP contribution < -0.4 is 9.47 Å². The smallest absolute Gasteiger partial charge is 0.257 e. The van der Waals surface area contributed by atoms with E-state index in [4.69, 9.17) is 18.3 Å². The molecule has 3 aliphatic heterocycles. The Bertz CT molecular complexity index is 1170. The molecule has 5 heterocycles. The van der Waals surface area contributed by atoms with Crippen molar-refractivity contribution in [2.45, 2.75) is 19.0 Å². The molecule has 176 valence electrons. The van der Waals surface area contributed by atoms with Crippen molar-refractivity contribution in [3.05, 3.63) is 72.1 Å². The second-order valence-electron chi connectivity index (χ2n) is 8.74. The number of carbonyl (C=O) groups is 1. The summed E-state index contributed by atoms with van der Waals surface area (Å²) in [7, 11) is 0. The van der Waals surface area contributed by atoms with Crippen molar-refractivity contribution in [3.8, 4) is 11.5 Å². The Morgan fingerprint density at radius 3 is 2.53 bits per heavy atom. The maximum Gasteiger partial charge on any atom is 0.257 e. The minimum absolute atomic E-state index is 0.0350.